The summed E-state index contributed by atoms with van der Waals surface area (Å²) in [5.41, 5.74) is 1.25. The Kier molecular flexibility index (Phi) is 8.64. The summed E-state index contributed by atoms with van der Waals surface area (Å²) < 4.78 is 18.9. The zero-order chi connectivity index (χ0) is 28.9. The number of anilines is 1. The van der Waals surface area contributed by atoms with Crippen molar-refractivity contribution >= 4 is 29.4 Å². The SMILES string of the molecule is CCN(C(=O)Oc1ccc(F)cc1)C1CN(C(=O)C2CCN(c3ccc(C#N)nn3)CC2)CC1c1ccc(Cl)cc1. The molecule has 2 aliphatic heterocycles. The van der Waals surface area contributed by atoms with Crippen LogP contribution in [0.5, 0.6) is 5.75 Å². The van der Waals surface area contributed by atoms with E-state index in [0.717, 1.165) is 5.56 Å². The van der Waals surface area contributed by atoms with E-state index in [0.29, 0.717) is 56.4 Å². The maximum absolute atomic E-state index is 13.8. The zero-order valence-corrected chi connectivity index (χ0v) is 23.4. The van der Waals surface area contributed by atoms with Gasteiger partial charge in [-0.3, -0.25) is 4.79 Å². The quantitative estimate of drug-likeness (QED) is 0.412. The highest BCUT2D eigenvalue weighted by atomic mass is 35.5. The molecule has 3 heterocycles. The summed E-state index contributed by atoms with van der Waals surface area (Å²) in [5.74, 6) is 0.315. The zero-order valence-electron chi connectivity index (χ0n) is 22.6. The number of rotatable bonds is 6. The van der Waals surface area contributed by atoms with Crippen LogP contribution in [0.2, 0.25) is 5.02 Å². The normalized spacial score (nSPS) is 19.1. The highest BCUT2D eigenvalue weighted by Gasteiger charge is 2.43. The topological polar surface area (TPSA) is 103 Å². The second-order valence-electron chi connectivity index (χ2n) is 10.2. The molecule has 0 spiro atoms. The first-order chi connectivity index (χ1) is 19.9. The number of carbonyl (C=O) groups excluding carboxylic acids is 2. The molecule has 2 atom stereocenters. The van der Waals surface area contributed by atoms with E-state index in [-0.39, 0.29) is 35.2 Å². The summed E-state index contributed by atoms with van der Waals surface area (Å²) in [6.45, 7) is 4.39. The fourth-order valence-corrected chi connectivity index (χ4v) is 5.77. The number of hydrogen-bond donors (Lipinski definition) is 0. The van der Waals surface area contributed by atoms with Gasteiger partial charge in [0.1, 0.15) is 17.6 Å². The van der Waals surface area contributed by atoms with Crippen LogP contribution in [0.15, 0.2) is 60.7 Å². The molecule has 3 aromatic rings. The van der Waals surface area contributed by atoms with Crippen molar-refractivity contribution in [1.29, 1.82) is 5.26 Å². The Bertz CT molecular complexity index is 1410. The first-order valence-electron chi connectivity index (χ1n) is 13.6. The minimum Gasteiger partial charge on any atom is -0.410 e. The van der Waals surface area contributed by atoms with Gasteiger partial charge >= 0.3 is 6.09 Å². The molecule has 41 heavy (non-hydrogen) atoms. The smallest absolute Gasteiger partial charge is 0.410 e. The van der Waals surface area contributed by atoms with E-state index >= 15 is 0 Å². The number of aromatic nitrogens is 2. The summed E-state index contributed by atoms with van der Waals surface area (Å²) in [6, 6.07) is 17.9. The molecule has 0 N–H and O–H groups in total. The van der Waals surface area contributed by atoms with Crippen LogP contribution < -0.4 is 9.64 Å². The van der Waals surface area contributed by atoms with Crippen molar-refractivity contribution in [3.05, 3.63) is 82.8 Å². The number of ether oxygens (including phenoxy) is 1. The molecule has 2 fully saturated rings. The molecule has 212 valence electrons. The Morgan fingerprint density at radius 2 is 1.76 bits per heavy atom. The third-order valence-corrected chi connectivity index (χ3v) is 8.08. The summed E-state index contributed by atoms with van der Waals surface area (Å²) in [4.78, 5) is 32.6. The molecule has 2 amide bonds. The molecule has 2 unspecified atom stereocenters. The lowest BCUT2D eigenvalue weighted by Gasteiger charge is -2.34. The van der Waals surface area contributed by atoms with Gasteiger partial charge in [0.05, 0.1) is 6.04 Å². The van der Waals surface area contributed by atoms with Crippen molar-refractivity contribution in [2.24, 2.45) is 5.92 Å². The molecule has 5 rings (SSSR count). The predicted octanol–water partition coefficient (Wildman–Crippen LogP) is 4.87. The van der Waals surface area contributed by atoms with Gasteiger partial charge in [-0.15, -0.1) is 10.2 Å². The van der Waals surface area contributed by atoms with Crippen molar-refractivity contribution < 1.29 is 18.7 Å². The number of likely N-dealkylation sites (tertiary alicyclic amines) is 1. The van der Waals surface area contributed by atoms with Crippen molar-refractivity contribution in [1.82, 2.24) is 20.0 Å². The molecule has 2 aliphatic rings. The number of likely N-dealkylation sites (N-methyl/N-ethyl adjacent to an activating group) is 1. The van der Waals surface area contributed by atoms with E-state index in [4.69, 9.17) is 21.6 Å². The summed E-state index contributed by atoms with van der Waals surface area (Å²) in [5, 5.41) is 17.6. The lowest BCUT2D eigenvalue weighted by Crippen LogP contribution is -2.47. The van der Waals surface area contributed by atoms with Crippen molar-refractivity contribution in [2.75, 3.05) is 37.6 Å². The minimum absolute atomic E-state index is 0.0694. The molecule has 0 bridgehead atoms. The Balaban J connectivity index is 1.30. The number of hydrogen-bond acceptors (Lipinski definition) is 7. The molecular formula is C30H30ClFN6O3. The van der Waals surface area contributed by atoms with E-state index in [9.17, 15) is 14.0 Å². The minimum atomic E-state index is -0.547. The summed E-state index contributed by atoms with van der Waals surface area (Å²) >= 11 is 6.15. The van der Waals surface area contributed by atoms with Crippen LogP contribution in [0.4, 0.5) is 15.0 Å². The van der Waals surface area contributed by atoms with Gasteiger partial charge in [0, 0.05) is 49.6 Å². The highest BCUT2D eigenvalue weighted by Crippen LogP contribution is 2.34. The van der Waals surface area contributed by atoms with Gasteiger partial charge in [0.2, 0.25) is 5.91 Å². The Morgan fingerprint density at radius 1 is 1.05 bits per heavy atom. The Labute approximate surface area is 243 Å². The van der Waals surface area contributed by atoms with Crippen molar-refractivity contribution in [3.8, 4) is 11.8 Å². The lowest BCUT2D eigenvalue weighted by molar-refractivity contribution is -0.135. The van der Waals surface area contributed by atoms with E-state index in [2.05, 4.69) is 15.1 Å². The van der Waals surface area contributed by atoms with Gasteiger partial charge < -0.3 is 19.4 Å². The van der Waals surface area contributed by atoms with Gasteiger partial charge in [-0.1, -0.05) is 23.7 Å². The predicted molar refractivity (Wildman–Crippen MR) is 151 cm³/mol. The van der Waals surface area contributed by atoms with Crippen molar-refractivity contribution in [2.45, 2.75) is 31.7 Å². The molecule has 2 saturated heterocycles. The first-order valence-corrected chi connectivity index (χ1v) is 14.0. The fraction of sp³-hybridized carbons (Fsp3) is 0.367. The summed E-state index contributed by atoms with van der Waals surface area (Å²) in [7, 11) is 0. The maximum atomic E-state index is 13.8. The van der Waals surface area contributed by atoms with Crippen LogP contribution in [-0.4, -0.2) is 70.8 Å². The van der Waals surface area contributed by atoms with Gasteiger partial charge in [0.15, 0.2) is 11.5 Å². The molecule has 11 heteroatoms. The number of nitriles is 1. The number of carbonyl (C=O) groups is 2. The first kappa shape index (κ1) is 28.3. The fourth-order valence-electron chi connectivity index (χ4n) is 5.65. The molecule has 2 aromatic carbocycles. The molecule has 0 aliphatic carbocycles. The number of amides is 2. The number of halogens is 2. The highest BCUT2D eigenvalue weighted by molar-refractivity contribution is 6.30. The third kappa shape index (κ3) is 6.41. The lowest BCUT2D eigenvalue weighted by atomic mass is 9.93. The monoisotopic (exact) mass is 576 g/mol. The van der Waals surface area contributed by atoms with Gasteiger partial charge in [-0.2, -0.15) is 5.26 Å². The van der Waals surface area contributed by atoms with Crippen LogP contribution in [0, 0.1) is 23.1 Å². The molecule has 0 radical (unpaired) electrons. The second kappa shape index (κ2) is 12.5. The van der Waals surface area contributed by atoms with Crippen LogP contribution in [0.1, 0.15) is 36.9 Å². The number of piperidine rings is 1. The molecule has 9 nitrogen and oxygen atoms in total. The average molecular weight is 577 g/mol. The van der Waals surface area contributed by atoms with Crippen LogP contribution in [-0.2, 0) is 4.79 Å². The molecule has 0 saturated carbocycles. The second-order valence-corrected chi connectivity index (χ2v) is 10.7. The van der Waals surface area contributed by atoms with E-state index in [1.807, 2.05) is 42.2 Å². The van der Waals surface area contributed by atoms with Crippen LogP contribution in [0.25, 0.3) is 0 Å². The Hall–Kier alpha value is -4.23. The van der Waals surface area contributed by atoms with E-state index in [1.54, 1.807) is 17.0 Å². The van der Waals surface area contributed by atoms with Crippen LogP contribution >= 0.6 is 11.6 Å². The maximum Gasteiger partial charge on any atom is 0.415 e. The van der Waals surface area contributed by atoms with E-state index < -0.39 is 11.9 Å². The standard InChI is InChI=1S/C30H30ClFN6O3/c1-2-38(30(40)41-25-10-7-23(32)8-11-25)27-19-37(18-26(27)20-3-5-22(31)6-4-20)29(39)21-13-15-36(16-14-21)28-12-9-24(17-33)34-35-28/h3-12,21,26-27H,2,13-16,18-19H2,1H3. The number of benzene rings is 2. The van der Waals surface area contributed by atoms with Gasteiger partial charge in [-0.05, 0) is 73.9 Å². The summed E-state index contributed by atoms with van der Waals surface area (Å²) in [6.07, 6.45) is 0.781. The Morgan fingerprint density at radius 3 is 2.37 bits per heavy atom. The average Bonchev–Trinajstić information content (AvgIpc) is 3.44. The van der Waals surface area contributed by atoms with Crippen molar-refractivity contribution in [3.63, 3.8) is 0 Å². The third-order valence-electron chi connectivity index (χ3n) is 7.83. The molecular weight excluding hydrogens is 547 g/mol. The van der Waals surface area contributed by atoms with Gasteiger partial charge in [-0.25, -0.2) is 9.18 Å². The number of nitrogens with zero attached hydrogens (tertiary/aromatic N) is 6. The van der Waals surface area contributed by atoms with Crippen LogP contribution in [0.3, 0.4) is 0 Å². The van der Waals surface area contributed by atoms with E-state index in [1.165, 1.54) is 24.3 Å². The molecule has 1 aromatic heterocycles. The van der Waals surface area contributed by atoms with Gasteiger partial charge in [0.25, 0.3) is 0 Å². The largest absolute Gasteiger partial charge is 0.415 e.